The Morgan fingerprint density at radius 1 is 1.29 bits per heavy atom. The van der Waals surface area contributed by atoms with Gasteiger partial charge in [-0.2, -0.15) is 8.78 Å². The molecular weight excluding hydrogens is 382 g/mol. The number of benzene rings is 1. The standard InChI is InChI=1S/C17H15BrF2N2O2/c18-10-5-6-14-21-12-7-8-23-16(15(12)22(14)9-10)11-3-1-2-4-13(11)24-17(19)20/h1-6,9,12,15-17H,7-8H2. The van der Waals surface area contributed by atoms with E-state index >= 15 is 0 Å². The number of hydrogen-bond donors (Lipinski definition) is 0. The van der Waals surface area contributed by atoms with Gasteiger partial charge in [0.2, 0.25) is 0 Å². The summed E-state index contributed by atoms with van der Waals surface area (Å²) in [6.45, 7) is -2.33. The first kappa shape index (κ1) is 15.8. The smallest absolute Gasteiger partial charge is 0.387 e. The Hall–Kier alpha value is -1.73. The molecule has 4 rings (SSSR count). The van der Waals surface area contributed by atoms with Gasteiger partial charge in [-0.1, -0.05) is 18.2 Å². The van der Waals surface area contributed by atoms with E-state index in [4.69, 9.17) is 14.5 Å². The summed E-state index contributed by atoms with van der Waals surface area (Å²) in [6, 6.07) is 6.80. The maximum Gasteiger partial charge on any atom is 0.387 e. The molecule has 3 aliphatic rings. The number of fused-ring (bicyclic) bond motifs is 3. The van der Waals surface area contributed by atoms with Gasteiger partial charge in [0, 0.05) is 22.9 Å². The summed E-state index contributed by atoms with van der Waals surface area (Å²) in [4.78, 5) is 6.81. The SMILES string of the molecule is FC(F)Oc1ccccc1C1OCCC2N=C3C=CC(Br)=CN3C21. The number of halogens is 3. The molecule has 3 atom stereocenters. The van der Waals surface area contributed by atoms with E-state index in [1.807, 2.05) is 18.4 Å². The van der Waals surface area contributed by atoms with E-state index in [0.717, 1.165) is 16.7 Å². The van der Waals surface area contributed by atoms with Crippen molar-refractivity contribution >= 4 is 21.8 Å². The van der Waals surface area contributed by atoms with Crippen molar-refractivity contribution in [1.29, 1.82) is 0 Å². The molecule has 0 spiro atoms. The molecule has 1 fully saturated rings. The topological polar surface area (TPSA) is 34.1 Å². The van der Waals surface area contributed by atoms with Crippen LogP contribution in [-0.4, -0.2) is 36.0 Å². The fraction of sp³-hybridized carbons (Fsp3) is 0.353. The van der Waals surface area contributed by atoms with Crippen molar-refractivity contribution in [3.63, 3.8) is 0 Å². The highest BCUT2D eigenvalue weighted by atomic mass is 79.9. The highest BCUT2D eigenvalue weighted by molar-refractivity contribution is 9.11. The first-order valence-corrected chi connectivity index (χ1v) is 8.49. The monoisotopic (exact) mass is 396 g/mol. The first-order chi connectivity index (χ1) is 11.6. The minimum atomic E-state index is -2.87. The summed E-state index contributed by atoms with van der Waals surface area (Å²) in [5.74, 6) is 1.03. The second-order valence-electron chi connectivity index (χ2n) is 5.80. The zero-order valence-electron chi connectivity index (χ0n) is 12.6. The van der Waals surface area contributed by atoms with Gasteiger partial charge < -0.3 is 14.4 Å². The number of para-hydroxylation sites is 1. The highest BCUT2D eigenvalue weighted by Gasteiger charge is 2.45. The number of hydrogen-bond acceptors (Lipinski definition) is 4. The van der Waals surface area contributed by atoms with Crippen molar-refractivity contribution in [2.45, 2.75) is 31.2 Å². The average molecular weight is 397 g/mol. The van der Waals surface area contributed by atoms with Crippen molar-refractivity contribution in [1.82, 2.24) is 4.90 Å². The third-order valence-corrected chi connectivity index (χ3v) is 4.86. The largest absolute Gasteiger partial charge is 0.434 e. The predicted molar refractivity (Wildman–Crippen MR) is 89.4 cm³/mol. The van der Waals surface area contributed by atoms with E-state index in [0.29, 0.717) is 12.2 Å². The Labute approximate surface area is 146 Å². The zero-order valence-corrected chi connectivity index (χ0v) is 14.2. The number of nitrogens with zero attached hydrogens (tertiary/aromatic N) is 2. The quantitative estimate of drug-likeness (QED) is 0.773. The summed E-state index contributed by atoms with van der Waals surface area (Å²) < 4.78 is 37.1. The summed E-state index contributed by atoms with van der Waals surface area (Å²) in [5, 5.41) is 0. The van der Waals surface area contributed by atoms with Gasteiger partial charge in [0.05, 0.1) is 12.1 Å². The van der Waals surface area contributed by atoms with Crippen LogP contribution in [0.3, 0.4) is 0 Å². The van der Waals surface area contributed by atoms with E-state index in [-0.39, 0.29) is 23.9 Å². The van der Waals surface area contributed by atoms with Crippen molar-refractivity contribution in [3.05, 3.63) is 52.7 Å². The van der Waals surface area contributed by atoms with Crippen LogP contribution in [0.2, 0.25) is 0 Å². The third kappa shape index (κ3) is 2.75. The second kappa shape index (κ2) is 6.29. The Morgan fingerprint density at radius 3 is 2.96 bits per heavy atom. The van der Waals surface area contributed by atoms with E-state index in [9.17, 15) is 8.78 Å². The fourth-order valence-electron chi connectivity index (χ4n) is 3.45. The van der Waals surface area contributed by atoms with Crippen LogP contribution in [-0.2, 0) is 4.74 Å². The van der Waals surface area contributed by atoms with Gasteiger partial charge in [-0.3, -0.25) is 4.99 Å². The minimum Gasteiger partial charge on any atom is -0.434 e. The Morgan fingerprint density at radius 2 is 2.12 bits per heavy atom. The molecule has 7 heteroatoms. The van der Waals surface area contributed by atoms with Gasteiger partial charge in [0.25, 0.3) is 0 Å². The van der Waals surface area contributed by atoms with E-state index in [1.165, 1.54) is 0 Å². The molecule has 3 heterocycles. The maximum absolute atomic E-state index is 12.7. The number of alkyl halides is 2. The van der Waals surface area contributed by atoms with Crippen molar-refractivity contribution < 1.29 is 18.3 Å². The van der Waals surface area contributed by atoms with Gasteiger partial charge in [0.15, 0.2) is 0 Å². The Kier molecular flexibility index (Phi) is 4.14. The maximum atomic E-state index is 12.7. The van der Waals surface area contributed by atoms with E-state index < -0.39 is 6.61 Å². The molecule has 0 N–H and O–H groups in total. The lowest BCUT2D eigenvalue weighted by atomic mass is 9.91. The number of ether oxygens (including phenoxy) is 2. The molecule has 0 saturated carbocycles. The van der Waals surface area contributed by atoms with Crippen LogP contribution >= 0.6 is 15.9 Å². The third-order valence-electron chi connectivity index (χ3n) is 4.39. The van der Waals surface area contributed by atoms with Crippen LogP contribution in [0, 0.1) is 0 Å². The molecule has 0 amide bonds. The van der Waals surface area contributed by atoms with Crippen molar-refractivity contribution in [2.24, 2.45) is 4.99 Å². The second-order valence-corrected chi connectivity index (χ2v) is 6.71. The van der Waals surface area contributed by atoms with Gasteiger partial charge >= 0.3 is 6.61 Å². The van der Waals surface area contributed by atoms with Gasteiger partial charge in [-0.15, -0.1) is 0 Å². The molecule has 0 aliphatic carbocycles. The molecule has 24 heavy (non-hydrogen) atoms. The molecule has 4 nitrogen and oxygen atoms in total. The average Bonchev–Trinajstić information content (AvgIpc) is 2.93. The molecule has 126 valence electrons. The van der Waals surface area contributed by atoms with Crippen LogP contribution in [0.5, 0.6) is 5.75 Å². The summed E-state index contributed by atoms with van der Waals surface area (Å²) in [7, 11) is 0. The van der Waals surface area contributed by atoms with Gasteiger partial charge in [-0.25, -0.2) is 0 Å². The predicted octanol–water partition coefficient (Wildman–Crippen LogP) is 4.01. The Bertz CT molecular complexity index is 735. The van der Waals surface area contributed by atoms with Crippen LogP contribution in [0.4, 0.5) is 8.78 Å². The lowest BCUT2D eigenvalue weighted by Crippen LogP contribution is -2.45. The Balaban J connectivity index is 1.71. The van der Waals surface area contributed by atoms with Crippen LogP contribution in [0.15, 0.2) is 52.1 Å². The van der Waals surface area contributed by atoms with Crippen LogP contribution in [0.25, 0.3) is 0 Å². The lowest BCUT2D eigenvalue weighted by molar-refractivity contribution is -0.0588. The molecule has 0 radical (unpaired) electrons. The van der Waals surface area contributed by atoms with E-state index in [2.05, 4.69) is 20.8 Å². The molecule has 0 aromatic heterocycles. The first-order valence-electron chi connectivity index (χ1n) is 7.70. The number of amidine groups is 1. The summed E-state index contributed by atoms with van der Waals surface area (Å²) in [5.41, 5.74) is 0.628. The van der Waals surface area contributed by atoms with Crippen LogP contribution < -0.4 is 4.74 Å². The molecular formula is C17H15BrF2N2O2. The summed E-state index contributed by atoms with van der Waals surface area (Å²) >= 11 is 3.48. The number of rotatable bonds is 3. The molecule has 3 aliphatic heterocycles. The molecule has 1 aromatic carbocycles. The van der Waals surface area contributed by atoms with Crippen molar-refractivity contribution in [3.8, 4) is 5.75 Å². The normalized spacial score (nSPS) is 28.3. The molecule has 1 saturated heterocycles. The lowest BCUT2D eigenvalue weighted by Gasteiger charge is -2.38. The summed E-state index contributed by atoms with van der Waals surface area (Å²) in [6.07, 6.45) is 6.26. The number of aliphatic imine (C=N–C) groups is 1. The highest BCUT2D eigenvalue weighted by Crippen LogP contribution is 2.42. The van der Waals surface area contributed by atoms with Gasteiger partial charge in [-0.05, 0) is 40.6 Å². The van der Waals surface area contributed by atoms with E-state index in [1.54, 1.807) is 24.3 Å². The molecule has 0 bridgehead atoms. The zero-order chi connectivity index (χ0) is 16.7. The minimum absolute atomic E-state index is 0.0673. The molecule has 1 aromatic rings. The van der Waals surface area contributed by atoms with Crippen LogP contribution in [0.1, 0.15) is 18.1 Å². The fourth-order valence-corrected chi connectivity index (χ4v) is 3.81. The molecule has 3 unspecified atom stereocenters. The van der Waals surface area contributed by atoms with Gasteiger partial charge in [0.1, 0.15) is 17.7 Å². The van der Waals surface area contributed by atoms with Crippen molar-refractivity contribution in [2.75, 3.05) is 6.61 Å². The number of allylic oxidation sites excluding steroid dienone is 2.